The van der Waals surface area contributed by atoms with Gasteiger partial charge in [-0.1, -0.05) is 18.2 Å². The van der Waals surface area contributed by atoms with E-state index in [9.17, 15) is 0 Å². The summed E-state index contributed by atoms with van der Waals surface area (Å²) in [6.45, 7) is 2.71. The van der Waals surface area contributed by atoms with Gasteiger partial charge in [-0.2, -0.15) is 0 Å². The highest BCUT2D eigenvalue weighted by molar-refractivity contribution is 5.75. The van der Waals surface area contributed by atoms with Crippen molar-refractivity contribution in [2.24, 2.45) is 0 Å². The molecule has 2 aliphatic heterocycles. The Labute approximate surface area is 89.9 Å². The molecular formula is C13H15NO. The van der Waals surface area contributed by atoms with Crippen LogP contribution in [-0.4, -0.2) is 19.8 Å². The molecule has 78 valence electrons. The molecule has 0 spiro atoms. The van der Waals surface area contributed by atoms with Gasteiger partial charge in [0, 0.05) is 12.2 Å². The molecule has 3 rings (SSSR count). The first-order valence-corrected chi connectivity index (χ1v) is 5.58. The van der Waals surface area contributed by atoms with Gasteiger partial charge in [-0.05, 0) is 35.6 Å². The van der Waals surface area contributed by atoms with Crippen LogP contribution in [0.15, 0.2) is 24.3 Å². The monoisotopic (exact) mass is 201 g/mol. The Morgan fingerprint density at radius 2 is 2.20 bits per heavy atom. The van der Waals surface area contributed by atoms with Gasteiger partial charge < -0.3 is 10.1 Å². The maximum absolute atomic E-state index is 5.35. The fourth-order valence-electron chi connectivity index (χ4n) is 2.42. The van der Waals surface area contributed by atoms with Crippen molar-refractivity contribution in [1.82, 2.24) is 0 Å². The Balaban J connectivity index is 2.04. The van der Waals surface area contributed by atoms with Crippen LogP contribution in [0.25, 0.3) is 5.57 Å². The van der Waals surface area contributed by atoms with Crippen molar-refractivity contribution >= 4 is 11.3 Å². The van der Waals surface area contributed by atoms with Crippen molar-refractivity contribution in [2.75, 3.05) is 25.1 Å². The van der Waals surface area contributed by atoms with Crippen LogP contribution in [0.5, 0.6) is 0 Å². The number of ether oxygens (including phenoxy) is 1. The molecule has 0 radical (unpaired) electrons. The zero-order chi connectivity index (χ0) is 10.1. The second kappa shape index (κ2) is 3.70. The molecule has 0 unspecified atom stereocenters. The van der Waals surface area contributed by atoms with Crippen molar-refractivity contribution in [3.63, 3.8) is 0 Å². The lowest BCUT2D eigenvalue weighted by molar-refractivity contribution is 0.161. The second-order valence-corrected chi connectivity index (χ2v) is 4.06. The first-order chi connectivity index (χ1) is 7.45. The number of fused-ring (bicyclic) bond motifs is 1. The van der Waals surface area contributed by atoms with Gasteiger partial charge in [0.15, 0.2) is 0 Å². The van der Waals surface area contributed by atoms with Crippen LogP contribution in [0, 0.1) is 0 Å². The number of hydrogen-bond acceptors (Lipinski definition) is 2. The minimum Gasteiger partial charge on any atom is -0.384 e. The van der Waals surface area contributed by atoms with E-state index in [1.165, 1.54) is 22.4 Å². The van der Waals surface area contributed by atoms with Crippen molar-refractivity contribution in [3.8, 4) is 0 Å². The molecule has 0 saturated carbocycles. The largest absolute Gasteiger partial charge is 0.384 e. The lowest BCUT2D eigenvalue weighted by Gasteiger charge is -2.16. The van der Waals surface area contributed by atoms with Gasteiger partial charge in [0.1, 0.15) is 0 Å². The summed E-state index contributed by atoms with van der Waals surface area (Å²) in [6.07, 6.45) is 4.43. The third kappa shape index (κ3) is 1.55. The van der Waals surface area contributed by atoms with E-state index in [-0.39, 0.29) is 0 Å². The molecular weight excluding hydrogens is 186 g/mol. The van der Waals surface area contributed by atoms with E-state index < -0.39 is 0 Å². The van der Waals surface area contributed by atoms with Crippen LogP contribution in [0.1, 0.15) is 17.5 Å². The van der Waals surface area contributed by atoms with Gasteiger partial charge in [0.05, 0.1) is 13.2 Å². The molecule has 0 saturated heterocycles. The zero-order valence-corrected chi connectivity index (χ0v) is 8.75. The minimum absolute atomic E-state index is 0.770. The second-order valence-electron chi connectivity index (χ2n) is 4.06. The number of rotatable bonds is 1. The highest BCUT2D eigenvalue weighted by Crippen LogP contribution is 2.32. The fourth-order valence-corrected chi connectivity index (χ4v) is 2.42. The lowest BCUT2D eigenvalue weighted by atomic mass is 9.95. The number of nitrogens with one attached hydrogen (secondary N) is 1. The minimum atomic E-state index is 0.770. The number of hydrogen-bond donors (Lipinski definition) is 1. The van der Waals surface area contributed by atoms with E-state index >= 15 is 0 Å². The van der Waals surface area contributed by atoms with Crippen molar-refractivity contribution in [1.29, 1.82) is 0 Å². The molecule has 2 heteroatoms. The van der Waals surface area contributed by atoms with Crippen LogP contribution in [0.4, 0.5) is 5.69 Å². The van der Waals surface area contributed by atoms with Crippen molar-refractivity contribution < 1.29 is 4.74 Å². The fraction of sp³-hybridized carbons (Fsp3) is 0.385. The molecule has 0 atom stereocenters. The van der Waals surface area contributed by atoms with Gasteiger partial charge in [-0.3, -0.25) is 0 Å². The summed E-state index contributed by atoms with van der Waals surface area (Å²) >= 11 is 0. The van der Waals surface area contributed by atoms with Gasteiger partial charge in [0.25, 0.3) is 0 Å². The SMILES string of the molecule is C1=C(c2cccc3c2CCN3)CCOC1. The maximum Gasteiger partial charge on any atom is 0.0653 e. The quantitative estimate of drug-likeness (QED) is 0.753. The first kappa shape index (κ1) is 8.98. The maximum atomic E-state index is 5.35. The van der Waals surface area contributed by atoms with Crippen molar-refractivity contribution in [3.05, 3.63) is 35.4 Å². The summed E-state index contributed by atoms with van der Waals surface area (Å²) in [4.78, 5) is 0. The summed E-state index contributed by atoms with van der Waals surface area (Å²) in [5, 5.41) is 3.42. The van der Waals surface area contributed by atoms with E-state index in [1.807, 2.05) is 0 Å². The molecule has 0 bridgehead atoms. The molecule has 0 aromatic heterocycles. The summed E-state index contributed by atoms with van der Waals surface area (Å²) in [5.74, 6) is 0. The third-order valence-electron chi connectivity index (χ3n) is 3.18. The molecule has 0 aliphatic carbocycles. The average Bonchev–Trinajstić information content (AvgIpc) is 2.78. The van der Waals surface area contributed by atoms with E-state index in [2.05, 4.69) is 29.6 Å². The van der Waals surface area contributed by atoms with Gasteiger partial charge in [0.2, 0.25) is 0 Å². The van der Waals surface area contributed by atoms with E-state index in [0.29, 0.717) is 0 Å². The molecule has 2 heterocycles. The Morgan fingerprint density at radius 1 is 1.20 bits per heavy atom. The molecule has 1 N–H and O–H groups in total. The third-order valence-corrected chi connectivity index (χ3v) is 3.18. The first-order valence-electron chi connectivity index (χ1n) is 5.58. The van der Waals surface area contributed by atoms with Gasteiger partial charge >= 0.3 is 0 Å². The lowest BCUT2D eigenvalue weighted by Crippen LogP contribution is -2.05. The van der Waals surface area contributed by atoms with Gasteiger partial charge in [-0.15, -0.1) is 0 Å². The Morgan fingerprint density at radius 3 is 3.07 bits per heavy atom. The average molecular weight is 201 g/mol. The Kier molecular flexibility index (Phi) is 2.22. The van der Waals surface area contributed by atoms with Crippen LogP contribution in [0.3, 0.4) is 0 Å². The smallest absolute Gasteiger partial charge is 0.0653 e. The molecule has 2 aliphatic rings. The summed E-state index contributed by atoms with van der Waals surface area (Å²) in [7, 11) is 0. The highest BCUT2D eigenvalue weighted by atomic mass is 16.5. The summed E-state index contributed by atoms with van der Waals surface area (Å²) in [6, 6.07) is 6.55. The number of benzene rings is 1. The molecule has 0 amide bonds. The summed E-state index contributed by atoms with van der Waals surface area (Å²) < 4.78 is 5.35. The topological polar surface area (TPSA) is 21.3 Å². The Hall–Kier alpha value is -1.28. The molecule has 1 aromatic rings. The number of anilines is 1. The van der Waals surface area contributed by atoms with E-state index in [0.717, 1.165) is 32.6 Å². The summed E-state index contributed by atoms with van der Waals surface area (Å²) in [5.41, 5.74) is 5.70. The molecule has 2 nitrogen and oxygen atoms in total. The van der Waals surface area contributed by atoms with Crippen molar-refractivity contribution in [2.45, 2.75) is 12.8 Å². The van der Waals surface area contributed by atoms with Crippen LogP contribution >= 0.6 is 0 Å². The highest BCUT2D eigenvalue weighted by Gasteiger charge is 2.16. The van der Waals surface area contributed by atoms with E-state index in [1.54, 1.807) is 0 Å². The predicted octanol–water partition coefficient (Wildman–Crippen LogP) is 2.46. The predicted molar refractivity (Wildman–Crippen MR) is 62.0 cm³/mol. The van der Waals surface area contributed by atoms with E-state index in [4.69, 9.17) is 4.74 Å². The van der Waals surface area contributed by atoms with Crippen LogP contribution < -0.4 is 5.32 Å². The normalized spacial score (nSPS) is 19.3. The standard InChI is InChI=1S/C13H15NO/c1-2-11(10-5-8-15-9-6-10)12-4-7-14-13(12)3-1/h1-3,5,14H,4,6-9H2. The molecule has 1 aromatic carbocycles. The van der Waals surface area contributed by atoms with Gasteiger partial charge in [-0.25, -0.2) is 0 Å². The Bertz CT molecular complexity index is 409. The van der Waals surface area contributed by atoms with Crippen LogP contribution in [-0.2, 0) is 11.2 Å². The van der Waals surface area contributed by atoms with Crippen LogP contribution in [0.2, 0.25) is 0 Å². The molecule has 15 heavy (non-hydrogen) atoms. The zero-order valence-electron chi connectivity index (χ0n) is 8.75. The molecule has 0 fully saturated rings.